The van der Waals surface area contributed by atoms with Crippen molar-refractivity contribution in [2.75, 3.05) is 0 Å². The molecule has 1 N–H and O–H groups in total. The van der Waals surface area contributed by atoms with E-state index in [9.17, 15) is 4.79 Å². The molecule has 2 aromatic rings. The van der Waals surface area contributed by atoms with E-state index >= 15 is 0 Å². The van der Waals surface area contributed by atoms with Gasteiger partial charge in [0.05, 0.1) is 18.2 Å². The predicted molar refractivity (Wildman–Crippen MR) is 44.8 cm³/mol. The van der Waals surface area contributed by atoms with Crippen molar-refractivity contribution in [3.8, 4) is 11.3 Å². The fourth-order valence-corrected chi connectivity index (χ4v) is 1.03. The second kappa shape index (κ2) is 2.70. The lowest BCUT2D eigenvalue weighted by atomic mass is 10.2. The van der Waals surface area contributed by atoms with Crippen LogP contribution in [-0.2, 0) is 0 Å². The first-order valence-electron chi connectivity index (χ1n) is 3.57. The number of aromatic amines is 1. The number of hydrogen-bond donors (Lipinski definition) is 1. The standard InChI is InChI=1S/C9H7NO2/c11-8-1-3-10-9(5-8)7-2-4-12-6-7/h1-6H,(H,10,11). The third kappa shape index (κ3) is 1.16. The third-order valence-electron chi connectivity index (χ3n) is 1.61. The molecule has 3 heteroatoms. The Balaban J connectivity index is 2.55. The fraction of sp³-hybridized carbons (Fsp3) is 0. The van der Waals surface area contributed by atoms with Crippen LogP contribution >= 0.6 is 0 Å². The molecule has 0 aromatic carbocycles. The van der Waals surface area contributed by atoms with Gasteiger partial charge in [-0.2, -0.15) is 0 Å². The quantitative estimate of drug-likeness (QED) is 0.691. The van der Waals surface area contributed by atoms with E-state index in [-0.39, 0.29) is 5.43 Å². The number of rotatable bonds is 1. The van der Waals surface area contributed by atoms with E-state index in [1.165, 1.54) is 12.1 Å². The first-order chi connectivity index (χ1) is 5.86. The maximum atomic E-state index is 10.9. The molecule has 0 saturated heterocycles. The largest absolute Gasteiger partial charge is 0.472 e. The second-order valence-electron chi connectivity index (χ2n) is 2.45. The molecule has 0 fully saturated rings. The Morgan fingerprint density at radius 2 is 2.25 bits per heavy atom. The molecule has 12 heavy (non-hydrogen) atoms. The van der Waals surface area contributed by atoms with E-state index in [0.717, 1.165) is 11.3 Å². The summed E-state index contributed by atoms with van der Waals surface area (Å²) in [6.45, 7) is 0. The minimum atomic E-state index is -0.00931. The van der Waals surface area contributed by atoms with Gasteiger partial charge in [-0.15, -0.1) is 0 Å². The number of pyridine rings is 1. The normalized spacial score (nSPS) is 10.0. The first kappa shape index (κ1) is 6.91. The number of furan rings is 1. The summed E-state index contributed by atoms with van der Waals surface area (Å²) in [7, 11) is 0. The predicted octanol–water partition coefficient (Wildman–Crippen LogP) is 1.63. The van der Waals surface area contributed by atoms with Crippen LogP contribution in [0.25, 0.3) is 11.3 Å². The van der Waals surface area contributed by atoms with Crippen LogP contribution in [0.2, 0.25) is 0 Å². The van der Waals surface area contributed by atoms with Gasteiger partial charge < -0.3 is 9.40 Å². The van der Waals surface area contributed by atoms with E-state index < -0.39 is 0 Å². The summed E-state index contributed by atoms with van der Waals surface area (Å²) in [5, 5.41) is 0. The zero-order valence-corrected chi connectivity index (χ0v) is 6.28. The zero-order chi connectivity index (χ0) is 8.39. The van der Waals surface area contributed by atoms with Crippen LogP contribution in [0.1, 0.15) is 0 Å². The molecule has 2 rings (SSSR count). The summed E-state index contributed by atoms with van der Waals surface area (Å²) in [6.07, 6.45) is 4.77. The Bertz CT molecular complexity index is 414. The number of aromatic nitrogens is 1. The Hall–Kier alpha value is -1.77. The molecule has 0 spiro atoms. The van der Waals surface area contributed by atoms with Crippen molar-refractivity contribution in [1.29, 1.82) is 0 Å². The monoisotopic (exact) mass is 161 g/mol. The summed E-state index contributed by atoms with van der Waals surface area (Å²) < 4.78 is 4.89. The van der Waals surface area contributed by atoms with Gasteiger partial charge in [0.25, 0.3) is 0 Å². The van der Waals surface area contributed by atoms with Gasteiger partial charge >= 0.3 is 0 Å². The molecule has 0 bridgehead atoms. The number of H-pyrrole nitrogens is 1. The Morgan fingerprint density at radius 1 is 1.33 bits per heavy atom. The number of hydrogen-bond acceptors (Lipinski definition) is 2. The molecule has 2 heterocycles. The summed E-state index contributed by atoms with van der Waals surface area (Å²) in [5.74, 6) is 0. The van der Waals surface area contributed by atoms with Crippen LogP contribution in [0.3, 0.4) is 0 Å². The van der Waals surface area contributed by atoms with Crippen molar-refractivity contribution in [2.24, 2.45) is 0 Å². The summed E-state index contributed by atoms with van der Waals surface area (Å²) in [5.41, 5.74) is 1.65. The van der Waals surface area contributed by atoms with E-state index in [0.29, 0.717) is 0 Å². The molecular weight excluding hydrogens is 154 g/mol. The Labute approximate surface area is 68.7 Å². The highest BCUT2D eigenvalue weighted by Crippen LogP contribution is 2.13. The van der Waals surface area contributed by atoms with Crippen LogP contribution in [0.4, 0.5) is 0 Å². The minimum absolute atomic E-state index is 0.00931. The van der Waals surface area contributed by atoms with Gasteiger partial charge in [-0.1, -0.05) is 0 Å². The van der Waals surface area contributed by atoms with Crippen LogP contribution in [0.15, 0.2) is 46.1 Å². The third-order valence-corrected chi connectivity index (χ3v) is 1.61. The smallest absolute Gasteiger partial charge is 0.182 e. The van der Waals surface area contributed by atoms with E-state index in [4.69, 9.17) is 4.42 Å². The lowest BCUT2D eigenvalue weighted by Crippen LogP contribution is -1.97. The van der Waals surface area contributed by atoms with Gasteiger partial charge in [-0.05, 0) is 6.07 Å². The van der Waals surface area contributed by atoms with Crippen molar-refractivity contribution in [1.82, 2.24) is 4.98 Å². The highest BCUT2D eigenvalue weighted by Gasteiger charge is 1.97. The summed E-state index contributed by atoms with van der Waals surface area (Å²) in [4.78, 5) is 13.9. The average molecular weight is 161 g/mol. The lowest BCUT2D eigenvalue weighted by molar-refractivity contribution is 0.568. The van der Waals surface area contributed by atoms with Gasteiger partial charge in [0, 0.05) is 23.9 Å². The van der Waals surface area contributed by atoms with Crippen LogP contribution in [0.5, 0.6) is 0 Å². The maximum Gasteiger partial charge on any atom is 0.182 e. The molecule has 0 saturated carbocycles. The average Bonchev–Trinajstić information content (AvgIpc) is 2.56. The molecular formula is C9H7NO2. The van der Waals surface area contributed by atoms with Gasteiger partial charge in [0.2, 0.25) is 0 Å². The molecule has 0 atom stereocenters. The Kier molecular flexibility index (Phi) is 1.55. The lowest BCUT2D eigenvalue weighted by Gasteiger charge is -1.93. The molecule has 0 aliphatic heterocycles. The van der Waals surface area contributed by atoms with Gasteiger partial charge in [-0.3, -0.25) is 4.79 Å². The van der Waals surface area contributed by atoms with Crippen molar-refractivity contribution >= 4 is 0 Å². The SMILES string of the molecule is O=c1cc[nH]c(-c2ccoc2)c1. The number of nitrogens with one attached hydrogen (secondary N) is 1. The maximum absolute atomic E-state index is 10.9. The fourth-order valence-electron chi connectivity index (χ4n) is 1.03. The molecule has 3 nitrogen and oxygen atoms in total. The van der Waals surface area contributed by atoms with Crippen molar-refractivity contribution in [3.63, 3.8) is 0 Å². The van der Waals surface area contributed by atoms with Crippen LogP contribution in [-0.4, -0.2) is 4.98 Å². The topological polar surface area (TPSA) is 46.0 Å². The van der Waals surface area contributed by atoms with Crippen molar-refractivity contribution < 1.29 is 4.42 Å². The van der Waals surface area contributed by atoms with Crippen LogP contribution in [0, 0.1) is 0 Å². The molecule has 0 unspecified atom stereocenters. The van der Waals surface area contributed by atoms with Gasteiger partial charge in [0.1, 0.15) is 0 Å². The highest BCUT2D eigenvalue weighted by molar-refractivity contribution is 5.56. The van der Waals surface area contributed by atoms with Gasteiger partial charge in [0.15, 0.2) is 5.43 Å². The first-order valence-corrected chi connectivity index (χ1v) is 3.57. The van der Waals surface area contributed by atoms with Crippen molar-refractivity contribution in [2.45, 2.75) is 0 Å². The van der Waals surface area contributed by atoms with E-state index in [1.54, 1.807) is 24.8 Å². The molecule has 0 aliphatic carbocycles. The molecule has 2 aromatic heterocycles. The van der Waals surface area contributed by atoms with E-state index in [2.05, 4.69) is 4.98 Å². The van der Waals surface area contributed by atoms with Gasteiger partial charge in [-0.25, -0.2) is 0 Å². The molecule has 60 valence electrons. The zero-order valence-electron chi connectivity index (χ0n) is 6.28. The van der Waals surface area contributed by atoms with Crippen molar-refractivity contribution in [3.05, 3.63) is 47.1 Å². The molecule has 0 radical (unpaired) electrons. The van der Waals surface area contributed by atoms with E-state index in [1.807, 2.05) is 0 Å². The minimum Gasteiger partial charge on any atom is -0.472 e. The highest BCUT2D eigenvalue weighted by atomic mass is 16.3. The summed E-state index contributed by atoms with van der Waals surface area (Å²) >= 11 is 0. The molecule has 0 aliphatic rings. The second-order valence-corrected chi connectivity index (χ2v) is 2.45. The Morgan fingerprint density at radius 3 is 2.92 bits per heavy atom. The molecule has 0 amide bonds. The van der Waals surface area contributed by atoms with Crippen LogP contribution < -0.4 is 5.43 Å². The summed E-state index contributed by atoms with van der Waals surface area (Å²) in [6, 6.07) is 4.81.